The Kier molecular flexibility index (Phi) is 3.73. The summed E-state index contributed by atoms with van der Waals surface area (Å²) in [6.45, 7) is 1.98. The molecule has 21 heavy (non-hydrogen) atoms. The van der Waals surface area contributed by atoms with Gasteiger partial charge >= 0.3 is 0 Å². The molecule has 0 unspecified atom stereocenters. The Labute approximate surface area is 126 Å². The molecule has 0 bridgehead atoms. The van der Waals surface area contributed by atoms with Gasteiger partial charge in [0.15, 0.2) is 0 Å². The number of hydrogen-bond acceptors (Lipinski definition) is 3. The van der Waals surface area contributed by atoms with Crippen LogP contribution in [-0.4, -0.2) is 11.0 Å². The average molecular weight is 297 g/mol. The van der Waals surface area contributed by atoms with Crippen molar-refractivity contribution in [2.45, 2.75) is 13.5 Å². The van der Waals surface area contributed by atoms with E-state index in [1.54, 1.807) is 24.3 Å². The highest BCUT2D eigenvalue weighted by molar-refractivity contribution is 7.21. The zero-order valence-corrected chi connectivity index (χ0v) is 12.4. The second-order valence-electron chi connectivity index (χ2n) is 4.86. The van der Waals surface area contributed by atoms with E-state index in [1.165, 1.54) is 11.3 Å². The van der Waals surface area contributed by atoms with Crippen molar-refractivity contribution in [1.82, 2.24) is 0 Å². The van der Waals surface area contributed by atoms with Crippen molar-refractivity contribution in [2.24, 2.45) is 0 Å². The first-order chi connectivity index (χ1) is 10.2. The molecule has 0 aliphatic carbocycles. The number of thiophene rings is 1. The van der Waals surface area contributed by atoms with Gasteiger partial charge in [0.2, 0.25) is 0 Å². The highest BCUT2D eigenvalue weighted by Crippen LogP contribution is 2.31. The van der Waals surface area contributed by atoms with Crippen LogP contribution in [0.25, 0.3) is 10.1 Å². The van der Waals surface area contributed by atoms with Crippen LogP contribution in [0.4, 0.5) is 5.69 Å². The minimum absolute atomic E-state index is 0.00362. The summed E-state index contributed by atoms with van der Waals surface area (Å²) in [6, 6.07) is 15.2. The van der Waals surface area contributed by atoms with Crippen LogP contribution in [0, 0.1) is 6.92 Å². The second kappa shape index (κ2) is 5.68. The van der Waals surface area contributed by atoms with E-state index in [9.17, 15) is 4.79 Å². The molecule has 106 valence electrons. The van der Waals surface area contributed by atoms with Crippen LogP contribution < -0.4 is 5.32 Å². The number of aryl methyl sites for hydroxylation is 1. The molecule has 0 saturated heterocycles. The van der Waals surface area contributed by atoms with Gasteiger partial charge in [0.05, 0.1) is 11.5 Å². The zero-order valence-electron chi connectivity index (χ0n) is 11.6. The van der Waals surface area contributed by atoms with Crippen molar-refractivity contribution < 1.29 is 9.90 Å². The molecule has 0 aliphatic rings. The lowest BCUT2D eigenvalue weighted by Gasteiger charge is -2.05. The van der Waals surface area contributed by atoms with E-state index in [2.05, 4.69) is 5.32 Å². The van der Waals surface area contributed by atoms with Gasteiger partial charge in [-0.05, 0) is 41.6 Å². The number of anilines is 1. The van der Waals surface area contributed by atoms with Gasteiger partial charge in [0.25, 0.3) is 5.91 Å². The molecule has 0 radical (unpaired) electrons. The molecule has 0 atom stereocenters. The molecule has 2 N–H and O–H groups in total. The molecule has 3 aromatic rings. The van der Waals surface area contributed by atoms with Crippen LogP contribution in [-0.2, 0) is 6.61 Å². The number of benzene rings is 2. The molecule has 1 aromatic heterocycles. The molecule has 2 aromatic carbocycles. The van der Waals surface area contributed by atoms with Crippen molar-refractivity contribution in [3.8, 4) is 0 Å². The number of rotatable bonds is 3. The molecule has 1 heterocycles. The van der Waals surface area contributed by atoms with Crippen LogP contribution in [0.3, 0.4) is 0 Å². The van der Waals surface area contributed by atoms with Crippen LogP contribution in [0.2, 0.25) is 0 Å². The Morgan fingerprint density at radius 3 is 2.52 bits per heavy atom. The minimum Gasteiger partial charge on any atom is -0.392 e. The molecule has 1 amide bonds. The van der Waals surface area contributed by atoms with E-state index < -0.39 is 0 Å². The van der Waals surface area contributed by atoms with Crippen LogP contribution in [0.1, 0.15) is 20.8 Å². The van der Waals surface area contributed by atoms with Gasteiger partial charge in [-0.15, -0.1) is 11.3 Å². The maximum Gasteiger partial charge on any atom is 0.266 e. The van der Waals surface area contributed by atoms with Crippen LogP contribution in [0.5, 0.6) is 0 Å². The molecule has 0 aliphatic heterocycles. The summed E-state index contributed by atoms with van der Waals surface area (Å²) < 4.78 is 1.12. The van der Waals surface area contributed by atoms with Crippen molar-refractivity contribution in [2.75, 3.05) is 5.32 Å². The van der Waals surface area contributed by atoms with E-state index in [0.717, 1.165) is 31.8 Å². The van der Waals surface area contributed by atoms with Crippen molar-refractivity contribution >= 4 is 33.0 Å². The van der Waals surface area contributed by atoms with E-state index in [4.69, 9.17) is 5.11 Å². The van der Waals surface area contributed by atoms with Crippen molar-refractivity contribution in [1.29, 1.82) is 0 Å². The number of aliphatic hydroxyl groups excluding tert-OH is 1. The molecular weight excluding hydrogens is 282 g/mol. The normalized spacial score (nSPS) is 10.8. The summed E-state index contributed by atoms with van der Waals surface area (Å²) in [6.07, 6.45) is 0. The van der Waals surface area contributed by atoms with E-state index in [0.29, 0.717) is 0 Å². The second-order valence-corrected chi connectivity index (χ2v) is 5.91. The standard InChI is InChI=1S/C17H15NO2S/c1-11-14-4-2-3-5-15(14)21-16(11)17(20)18-13-8-6-12(10-19)7-9-13/h2-9,19H,10H2,1H3,(H,18,20). The Balaban J connectivity index is 1.87. The Bertz CT molecular complexity index is 790. The Morgan fingerprint density at radius 2 is 1.86 bits per heavy atom. The van der Waals surface area contributed by atoms with E-state index >= 15 is 0 Å². The number of fused-ring (bicyclic) bond motifs is 1. The fourth-order valence-corrected chi connectivity index (χ4v) is 3.38. The summed E-state index contributed by atoms with van der Waals surface area (Å²) in [5, 5.41) is 13.0. The van der Waals surface area contributed by atoms with Gasteiger partial charge in [0, 0.05) is 10.4 Å². The monoisotopic (exact) mass is 297 g/mol. The molecule has 0 fully saturated rings. The quantitative estimate of drug-likeness (QED) is 0.769. The van der Waals surface area contributed by atoms with E-state index in [-0.39, 0.29) is 12.5 Å². The third-order valence-electron chi connectivity index (χ3n) is 3.44. The highest BCUT2D eigenvalue weighted by Gasteiger charge is 2.15. The number of amides is 1. The molecule has 0 spiro atoms. The molecule has 3 rings (SSSR count). The van der Waals surface area contributed by atoms with Gasteiger partial charge in [-0.1, -0.05) is 30.3 Å². The number of carbonyl (C=O) groups excluding carboxylic acids is 1. The summed E-state index contributed by atoms with van der Waals surface area (Å²) in [7, 11) is 0. The van der Waals surface area contributed by atoms with Crippen molar-refractivity contribution in [3.05, 3.63) is 64.5 Å². The highest BCUT2D eigenvalue weighted by atomic mass is 32.1. The first-order valence-corrected chi connectivity index (χ1v) is 7.50. The topological polar surface area (TPSA) is 49.3 Å². The SMILES string of the molecule is Cc1c(C(=O)Nc2ccc(CO)cc2)sc2ccccc12. The molecule has 3 nitrogen and oxygen atoms in total. The first-order valence-electron chi connectivity index (χ1n) is 6.68. The molecule has 0 saturated carbocycles. The van der Waals surface area contributed by atoms with Crippen LogP contribution >= 0.6 is 11.3 Å². The number of carbonyl (C=O) groups is 1. The largest absolute Gasteiger partial charge is 0.392 e. The molecular formula is C17H15NO2S. The third kappa shape index (κ3) is 2.68. The summed E-state index contributed by atoms with van der Waals surface area (Å²) in [4.78, 5) is 13.1. The van der Waals surface area contributed by atoms with Crippen molar-refractivity contribution in [3.63, 3.8) is 0 Å². The van der Waals surface area contributed by atoms with Gasteiger partial charge < -0.3 is 10.4 Å². The maximum atomic E-state index is 12.4. The predicted octanol–water partition coefficient (Wildman–Crippen LogP) is 3.95. The Morgan fingerprint density at radius 1 is 1.14 bits per heavy atom. The minimum atomic E-state index is -0.0922. The van der Waals surface area contributed by atoms with Gasteiger partial charge in [-0.3, -0.25) is 4.79 Å². The average Bonchev–Trinajstić information content (AvgIpc) is 2.86. The summed E-state index contributed by atoms with van der Waals surface area (Å²) in [5.41, 5.74) is 2.57. The number of nitrogens with one attached hydrogen (secondary N) is 1. The fourth-order valence-electron chi connectivity index (χ4n) is 2.27. The van der Waals surface area contributed by atoms with E-state index in [1.807, 2.05) is 31.2 Å². The number of hydrogen-bond donors (Lipinski definition) is 2. The van der Waals surface area contributed by atoms with Crippen LogP contribution in [0.15, 0.2) is 48.5 Å². The Hall–Kier alpha value is -2.17. The lowest BCUT2D eigenvalue weighted by molar-refractivity contribution is 0.103. The summed E-state index contributed by atoms with van der Waals surface area (Å²) >= 11 is 1.51. The first kappa shape index (κ1) is 13.8. The predicted molar refractivity (Wildman–Crippen MR) is 86.9 cm³/mol. The molecule has 4 heteroatoms. The van der Waals surface area contributed by atoms with Gasteiger partial charge in [-0.2, -0.15) is 0 Å². The fraction of sp³-hybridized carbons (Fsp3) is 0.118. The lowest BCUT2D eigenvalue weighted by atomic mass is 10.1. The summed E-state index contributed by atoms with van der Waals surface area (Å²) in [5.74, 6) is -0.0922. The smallest absolute Gasteiger partial charge is 0.266 e. The maximum absolute atomic E-state index is 12.4. The van der Waals surface area contributed by atoms with Gasteiger partial charge in [-0.25, -0.2) is 0 Å². The third-order valence-corrected chi connectivity index (χ3v) is 4.72. The van der Waals surface area contributed by atoms with Gasteiger partial charge in [0.1, 0.15) is 0 Å². The lowest BCUT2D eigenvalue weighted by Crippen LogP contribution is -2.11. The number of aliphatic hydroxyl groups is 1. The zero-order chi connectivity index (χ0) is 14.8.